The predicted molar refractivity (Wildman–Crippen MR) is 75.1 cm³/mol. The van der Waals surface area contributed by atoms with Crippen molar-refractivity contribution in [3.05, 3.63) is 29.3 Å². The molecular weight excluding hydrogens is 266 g/mol. The number of benzene rings is 1. The lowest BCUT2D eigenvalue weighted by Gasteiger charge is -2.12. The van der Waals surface area contributed by atoms with Crippen molar-refractivity contribution in [1.29, 1.82) is 0 Å². The van der Waals surface area contributed by atoms with E-state index in [4.69, 9.17) is 25.8 Å². The fourth-order valence-corrected chi connectivity index (χ4v) is 1.85. The van der Waals surface area contributed by atoms with Crippen molar-refractivity contribution in [3.63, 3.8) is 0 Å². The Kier molecular flexibility index (Phi) is 4.93. The summed E-state index contributed by atoms with van der Waals surface area (Å²) in [5.74, 6) is 2.20. The molecule has 0 bridgehead atoms. The average molecular weight is 284 g/mol. The summed E-state index contributed by atoms with van der Waals surface area (Å²) in [6, 6.07) is 3.78. The molecule has 19 heavy (non-hydrogen) atoms. The van der Waals surface area contributed by atoms with Crippen molar-refractivity contribution >= 4 is 11.6 Å². The van der Waals surface area contributed by atoms with Crippen LogP contribution in [0, 0.1) is 0 Å². The van der Waals surface area contributed by atoms with Crippen LogP contribution in [0.1, 0.15) is 18.9 Å². The molecule has 4 nitrogen and oxygen atoms in total. The van der Waals surface area contributed by atoms with Crippen LogP contribution in [0.3, 0.4) is 0 Å². The van der Waals surface area contributed by atoms with Crippen LogP contribution in [0.2, 0.25) is 0 Å². The maximum absolute atomic E-state index is 5.73. The molecule has 0 aromatic heterocycles. The highest BCUT2D eigenvalue weighted by Gasteiger charge is 2.18. The number of hydrogen-bond acceptors (Lipinski definition) is 4. The van der Waals surface area contributed by atoms with E-state index in [-0.39, 0.29) is 13.4 Å². The fraction of sp³-hybridized carbons (Fsp3) is 0.429. The molecule has 5 heteroatoms. The SMILES string of the molecule is C=C(Cl)COc1cc2c(cc1CNCCC)OCO2. The Balaban J connectivity index is 2.14. The first-order valence-corrected chi connectivity index (χ1v) is 6.67. The van der Waals surface area contributed by atoms with Gasteiger partial charge < -0.3 is 19.5 Å². The smallest absolute Gasteiger partial charge is 0.231 e. The van der Waals surface area contributed by atoms with Gasteiger partial charge in [0.15, 0.2) is 11.5 Å². The first kappa shape index (κ1) is 14.0. The Labute approximate surface area is 118 Å². The molecule has 0 aliphatic carbocycles. The summed E-state index contributed by atoms with van der Waals surface area (Å²) in [7, 11) is 0. The molecule has 1 aliphatic heterocycles. The largest absolute Gasteiger partial charge is 0.488 e. The molecule has 0 amide bonds. The van der Waals surface area contributed by atoms with Gasteiger partial charge >= 0.3 is 0 Å². The van der Waals surface area contributed by atoms with Crippen LogP contribution in [0.25, 0.3) is 0 Å². The number of nitrogens with one attached hydrogen (secondary N) is 1. The number of rotatable bonds is 7. The summed E-state index contributed by atoms with van der Waals surface area (Å²) in [6.45, 7) is 7.95. The Morgan fingerprint density at radius 1 is 1.42 bits per heavy atom. The zero-order valence-electron chi connectivity index (χ0n) is 11.0. The highest BCUT2D eigenvalue weighted by molar-refractivity contribution is 6.29. The number of fused-ring (bicyclic) bond motifs is 1. The van der Waals surface area contributed by atoms with E-state index in [0.717, 1.165) is 30.0 Å². The maximum Gasteiger partial charge on any atom is 0.231 e. The summed E-state index contributed by atoms with van der Waals surface area (Å²) in [6.07, 6.45) is 1.08. The minimum absolute atomic E-state index is 0.253. The molecule has 1 aromatic carbocycles. The van der Waals surface area contributed by atoms with Gasteiger partial charge in [-0.2, -0.15) is 0 Å². The molecule has 0 atom stereocenters. The van der Waals surface area contributed by atoms with Crippen LogP contribution in [0.5, 0.6) is 17.2 Å². The highest BCUT2D eigenvalue weighted by Crippen LogP contribution is 2.38. The van der Waals surface area contributed by atoms with E-state index >= 15 is 0 Å². The monoisotopic (exact) mass is 283 g/mol. The van der Waals surface area contributed by atoms with Crippen molar-refractivity contribution in [3.8, 4) is 17.2 Å². The molecule has 0 unspecified atom stereocenters. The van der Waals surface area contributed by atoms with Gasteiger partial charge in [0.1, 0.15) is 12.4 Å². The first-order chi connectivity index (χ1) is 9.20. The van der Waals surface area contributed by atoms with Crippen LogP contribution in [0.4, 0.5) is 0 Å². The van der Waals surface area contributed by atoms with E-state index < -0.39 is 0 Å². The van der Waals surface area contributed by atoms with Gasteiger partial charge in [-0.3, -0.25) is 0 Å². The molecule has 1 aromatic rings. The number of hydrogen-bond donors (Lipinski definition) is 1. The Hall–Kier alpha value is -1.39. The maximum atomic E-state index is 5.73. The summed E-state index contributed by atoms with van der Waals surface area (Å²) in [4.78, 5) is 0. The van der Waals surface area contributed by atoms with Gasteiger partial charge in [-0.05, 0) is 19.0 Å². The van der Waals surface area contributed by atoms with Crippen molar-refractivity contribution < 1.29 is 14.2 Å². The third kappa shape index (κ3) is 3.78. The van der Waals surface area contributed by atoms with Crippen LogP contribution < -0.4 is 19.5 Å². The summed E-state index contributed by atoms with van der Waals surface area (Å²) in [5, 5.41) is 3.80. The molecule has 104 valence electrons. The molecule has 0 radical (unpaired) electrons. The molecule has 0 fully saturated rings. The van der Waals surface area contributed by atoms with E-state index in [2.05, 4.69) is 18.8 Å². The lowest BCUT2D eigenvalue weighted by molar-refractivity contribution is 0.174. The second-order valence-electron chi connectivity index (χ2n) is 4.30. The summed E-state index contributed by atoms with van der Waals surface area (Å²) < 4.78 is 16.4. The van der Waals surface area contributed by atoms with Gasteiger partial charge in [0, 0.05) is 23.2 Å². The normalized spacial score (nSPS) is 12.5. The van der Waals surface area contributed by atoms with Gasteiger partial charge in [-0.15, -0.1) is 0 Å². The molecule has 0 saturated heterocycles. The lowest BCUT2D eigenvalue weighted by Crippen LogP contribution is -2.15. The van der Waals surface area contributed by atoms with E-state index in [9.17, 15) is 0 Å². The van der Waals surface area contributed by atoms with Gasteiger partial charge in [0.25, 0.3) is 0 Å². The molecule has 0 spiro atoms. The topological polar surface area (TPSA) is 39.7 Å². The van der Waals surface area contributed by atoms with Crippen molar-refractivity contribution in [2.45, 2.75) is 19.9 Å². The van der Waals surface area contributed by atoms with Gasteiger partial charge in [-0.25, -0.2) is 0 Å². The van der Waals surface area contributed by atoms with Gasteiger partial charge in [0.2, 0.25) is 6.79 Å². The quantitative estimate of drug-likeness (QED) is 0.781. The Morgan fingerprint density at radius 3 is 2.84 bits per heavy atom. The van der Waals surface area contributed by atoms with Gasteiger partial charge in [0.05, 0.1) is 0 Å². The highest BCUT2D eigenvalue weighted by atomic mass is 35.5. The average Bonchev–Trinajstić information content (AvgIpc) is 2.83. The van der Waals surface area contributed by atoms with Crippen LogP contribution in [0.15, 0.2) is 23.7 Å². The van der Waals surface area contributed by atoms with Crippen LogP contribution in [-0.4, -0.2) is 19.9 Å². The van der Waals surface area contributed by atoms with Crippen molar-refractivity contribution in [1.82, 2.24) is 5.32 Å². The zero-order chi connectivity index (χ0) is 13.7. The Morgan fingerprint density at radius 2 is 2.16 bits per heavy atom. The van der Waals surface area contributed by atoms with Crippen LogP contribution >= 0.6 is 11.6 Å². The van der Waals surface area contributed by atoms with Crippen molar-refractivity contribution in [2.24, 2.45) is 0 Å². The first-order valence-electron chi connectivity index (χ1n) is 6.30. The third-order valence-electron chi connectivity index (χ3n) is 2.68. The molecule has 0 saturated carbocycles. The molecule has 1 N–H and O–H groups in total. The van der Waals surface area contributed by atoms with E-state index in [1.807, 2.05) is 12.1 Å². The minimum atomic E-state index is 0.253. The lowest BCUT2D eigenvalue weighted by atomic mass is 10.1. The van der Waals surface area contributed by atoms with Crippen LogP contribution in [-0.2, 0) is 6.54 Å². The number of ether oxygens (including phenoxy) is 3. The number of halogens is 1. The molecule has 1 heterocycles. The third-order valence-corrected chi connectivity index (χ3v) is 2.79. The minimum Gasteiger partial charge on any atom is -0.488 e. The van der Waals surface area contributed by atoms with Gasteiger partial charge in [-0.1, -0.05) is 25.1 Å². The van der Waals surface area contributed by atoms with E-state index in [0.29, 0.717) is 17.3 Å². The second kappa shape index (κ2) is 6.68. The Bertz CT molecular complexity index is 462. The summed E-state index contributed by atoms with van der Waals surface area (Å²) in [5.41, 5.74) is 1.02. The molecular formula is C14H18ClNO3. The predicted octanol–water partition coefficient (Wildman–Crippen LogP) is 3.05. The molecule has 2 rings (SSSR count). The zero-order valence-corrected chi connectivity index (χ0v) is 11.8. The van der Waals surface area contributed by atoms with E-state index in [1.165, 1.54) is 0 Å². The molecule has 1 aliphatic rings. The summed E-state index contributed by atoms with van der Waals surface area (Å²) >= 11 is 5.73. The van der Waals surface area contributed by atoms with E-state index in [1.54, 1.807) is 0 Å². The standard InChI is InChI=1S/C14H18ClNO3/c1-3-4-16-7-11-5-13-14(19-9-18-13)6-12(11)17-8-10(2)15/h5-6,16H,2-4,7-9H2,1H3. The second-order valence-corrected chi connectivity index (χ2v) is 4.83. The van der Waals surface area contributed by atoms with Crippen molar-refractivity contribution in [2.75, 3.05) is 19.9 Å². The fourth-order valence-electron chi connectivity index (χ4n) is 1.79.